The molecule has 0 bridgehead atoms. The molecule has 0 aromatic heterocycles. The van der Waals surface area contributed by atoms with Crippen LogP contribution in [0.15, 0.2) is 36.4 Å². The van der Waals surface area contributed by atoms with Gasteiger partial charge in [-0.3, -0.25) is 14.9 Å². The molecule has 1 amide bonds. The first-order valence-electron chi connectivity index (χ1n) is 7.92. The molecular weight excluding hydrogens is 372 g/mol. The summed E-state index contributed by atoms with van der Waals surface area (Å²) in [6, 6.07) is 8.51. The van der Waals surface area contributed by atoms with Gasteiger partial charge < -0.3 is 24.3 Å². The Bertz CT molecular complexity index is 897. The van der Waals surface area contributed by atoms with Crippen LogP contribution < -0.4 is 19.5 Å². The number of para-hydroxylation sites is 2. The van der Waals surface area contributed by atoms with Gasteiger partial charge in [0.05, 0.1) is 26.3 Å². The number of nitro benzene ring substituents is 1. The van der Waals surface area contributed by atoms with E-state index >= 15 is 0 Å². The molecule has 2 rings (SSSR count). The van der Waals surface area contributed by atoms with Gasteiger partial charge in [0.25, 0.3) is 11.6 Å². The number of ether oxygens (including phenoxy) is 4. The Kier molecular flexibility index (Phi) is 6.74. The van der Waals surface area contributed by atoms with Gasteiger partial charge in [-0.1, -0.05) is 12.1 Å². The second-order valence-corrected chi connectivity index (χ2v) is 5.28. The largest absolute Gasteiger partial charge is 0.493 e. The molecule has 0 aliphatic carbocycles. The molecule has 0 spiro atoms. The number of amides is 1. The second kappa shape index (κ2) is 9.21. The lowest BCUT2D eigenvalue weighted by atomic mass is 10.1. The third kappa shape index (κ3) is 4.47. The third-order valence-electron chi connectivity index (χ3n) is 3.63. The highest BCUT2D eigenvalue weighted by molar-refractivity contribution is 5.98. The summed E-state index contributed by atoms with van der Waals surface area (Å²) in [7, 11) is 4.16. The van der Waals surface area contributed by atoms with Crippen molar-refractivity contribution in [2.24, 2.45) is 0 Å². The average Bonchev–Trinajstić information content (AvgIpc) is 2.70. The zero-order chi connectivity index (χ0) is 20.7. The van der Waals surface area contributed by atoms with E-state index in [1.807, 2.05) is 0 Å². The summed E-state index contributed by atoms with van der Waals surface area (Å²) in [5.74, 6) is -0.933. The van der Waals surface area contributed by atoms with E-state index in [4.69, 9.17) is 18.9 Å². The standard InChI is InChI=1S/C18H18N2O8/c1-25-14-9-8-11(16(26-2)17(14)27-3)18(22)28-10-15(21)19-12-6-4-5-7-13(12)20(23)24/h4-9H,10H2,1-3H3,(H,19,21). The predicted molar refractivity (Wildman–Crippen MR) is 98.1 cm³/mol. The smallest absolute Gasteiger partial charge is 0.342 e. The van der Waals surface area contributed by atoms with Gasteiger partial charge >= 0.3 is 5.97 Å². The number of hydrogen-bond acceptors (Lipinski definition) is 8. The normalized spacial score (nSPS) is 9.96. The first kappa shape index (κ1) is 20.5. The highest BCUT2D eigenvalue weighted by atomic mass is 16.6. The molecule has 28 heavy (non-hydrogen) atoms. The second-order valence-electron chi connectivity index (χ2n) is 5.28. The Hall–Kier alpha value is -3.82. The maximum atomic E-state index is 12.3. The molecule has 2 aromatic carbocycles. The van der Waals surface area contributed by atoms with E-state index in [9.17, 15) is 19.7 Å². The molecule has 0 heterocycles. The monoisotopic (exact) mass is 390 g/mol. The van der Waals surface area contributed by atoms with Gasteiger partial charge in [0.1, 0.15) is 11.3 Å². The van der Waals surface area contributed by atoms with Crippen molar-refractivity contribution in [1.29, 1.82) is 0 Å². The van der Waals surface area contributed by atoms with Crippen LogP contribution in [0, 0.1) is 10.1 Å². The minimum absolute atomic E-state index is 0.00255. The van der Waals surface area contributed by atoms with Gasteiger partial charge in [-0.2, -0.15) is 0 Å². The fourth-order valence-corrected chi connectivity index (χ4v) is 2.40. The van der Waals surface area contributed by atoms with Crippen LogP contribution >= 0.6 is 0 Å². The lowest BCUT2D eigenvalue weighted by Gasteiger charge is -2.15. The molecule has 0 fully saturated rings. The molecule has 0 saturated carbocycles. The van der Waals surface area contributed by atoms with Gasteiger partial charge in [0.15, 0.2) is 18.1 Å². The maximum absolute atomic E-state index is 12.3. The summed E-state index contributed by atoms with van der Waals surface area (Å²) in [6.07, 6.45) is 0. The number of carbonyl (C=O) groups excluding carboxylic acids is 2. The van der Waals surface area contributed by atoms with Gasteiger partial charge in [-0.25, -0.2) is 4.79 Å². The van der Waals surface area contributed by atoms with Crippen LogP contribution in [-0.2, 0) is 9.53 Å². The number of nitrogens with one attached hydrogen (secondary N) is 1. The van der Waals surface area contributed by atoms with E-state index < -0.39 is 23.4 Å². The Morgan fingerprint density at radius 3 is 2.29 bits per heavy atom. The Morgan fingerprint density at radius 2 is 1.68 bits per heavy atom. The van der Waals surface area contributed by atoms with Gasteiger partial charge in [-0.05, 0) is 18.2 Å². The van der Waals surface area contributed by atoms with E-state index in [0.717, 1.165) is 0 Å². The maximum Gasteiger partial charge on any atom is 0.342 e. The Labute approximate surface area is 160 Å². The van der Waals surface area contributed by atoms with Gasteiger partial charge in [-0.15, -0.1) is 0 Å². The highest BCUT2D eigenvalue weighted by Gasteiger charge is 2.23. The van der Waals surface area contributed by atoms with Crippen LogP contribution in [0.3, 0.4) is 0 Å². The van der Waals surface area contributed by atoms with Crippen LogP contribution in [0.2, 0.25) is 0 Å². The van der Waals surface area contributed by atoms with Crippen molar-refractivity contribution >= 4 is 23.3 Å². The Morgan fingerprint density at radius 1 is 1.00 bits per heavy atom. The summed E-state index contributed by atoms with van der Waals surface area (Å²) in [4.78, 5) is 34.7. The highest BCUT2D eigenvalue weighted by Crippen LogP contribution is 2.39. The quantitative estimate of drug-likeness (QED) is 0.414. The van der Waals surface area contributed by atoms with E-state index in [1.165, 1.54) is 57.7 Å². The van der Waals surface area contributed by atoms with Crippen molar-refractivity contribution < 1.29 is 33.5 Å². The van der Waals surface area contributed by atoms with E-state index in [0.29, 0.717) is 5.75 Å². The van der Waals surface area contributed by atoms with Crippen LogP contribution in [0.4, 0.5) is 11.4 Å². The van der Waals surface area contributed by atoms with Crippen LogP contribution in [0.5, 0.6) is 17.2 Å². The molecule has 10 nitrogen and oxygen atoms in total. The molecule has 0 atom stereocenters. The van der Waals surface area contributed by atoms with Crippen LogP contribution in [-0.4, -0.2) is 44.7 Å². The Balaban J connectivity index is 2.10. The summed E-state index contributed by atoms with van der Waals surface area (Å²) >= 11 is 0. The zero-order valence-electron chi connectivity index (χ0n) is 15.4. The fraction of sp³-hybridized carbons (Fsp3) is 0.222. The third-order valence-corrected chi connectivity index (χ3v) is 3.63. The molecule has 0 aliphatic heterocycles. The van der Waals surface area contributed by atoms with E-state index in [2.05, 4.69) is 5.32 Å². The van der Waals surface area contributed by atoms with Gasteiger partial charge in [0.2, 0.25) is 5.75 Å². The number of nitrogens with zero attached hydrogens (tertiary/aromatic N) is 1. The minimum Gasteiger partial charge on any atom is -0.493 e. The molecular formula is C18H18N2O8. The van der Waals surface area contributed by atoms with Crippen LogP contribution in [0.1, 0.15) is 10.4 Å². The average molecular weight is 390 g/mol. The summed E-state index contributed by atoms with van der Waals surface area (Å²) in [5.41, 5.74) is -0.250. The van der Waals surface area contributed by atoms with Crippen molar-refractivity contribution in [3.63, 3.8) is 0 Å². The topological polar surface area (TPSA) is 126 Å². The first-order chi connectivity index (χ1) is 13.4. The number of rotatable bonds is 8. The molecule has 1 N–H and O–H groups in total. The number of anilines is 1. The number of methoxy groups -OCH3 is 3. The minimum atomic E-state index is -0.837. The summed E-state index contributed by atoms with van der Waals surface area (Å²) < 4.78 is 20.5. The number of nitro groups is 1. The molecule has 0 unspecified atom stereocenters. The lowest BCUT2D eigenvalue weighted by molar-refractivity contribution is -0.383. The number of esters is 1. The molecule has 0 radical (unpaired) electrons. The fourth-order valence-electron chi connectivity index (χ4n) is 2.40. The van der Waals surface area contributed by atoms with Crippen molar-refractivity contribution in [3.05, 3.63) is 52.1 Å². The van der Waals surface area contributed by atoms with Crippen molar-refractivity contribution in [3.8, 4) is 17.2 Å². The number of hydrogen-bond donors (Lipinski definition) is 1. The molecule has 2 aromatic rings. The molecule has 10 heteroatoms. The molecule has 148 valence electrons. The summed E-state index contributed by atoms with van der Waals surface area (Å²) in [5, 5.41) is 13.3. The van der Waals surface area contributed by atoms with Gasteiger partial charge in [0, 0.05) is 6.07 Å². The molecule has 0 saturated heterocycles. The van der Waals surface area contributed by atoms with Crippen LogP contribution in [0.25, 0.3) is 0 Å². The van der Waals surface area contributed by atoms with Crippen molar-refractivity contribution in [2.75, 3.05) is 33.3 Å². The SMILES string of the molecule is COc1ccc(C(=O)OCC(=O)Nc2ccccc2[N+](=O)[O-])c(OC)c1OC. The summed E-state index contributed by atoms with van der Waals surface area (Å²) in [6.45, 7) is -0.650. The lowest BCUT2D eigenvalue weighted by Crippen LogP contribution is -2.21. The number of benzene rings is 2. The van der Waals surface area contributed by atoms with E-state index in [1.54, 1.807) is 0 Å². The van der Waals surface area contributed by atoms with Crippen molar-refractivity contribution in [2.45, 2.75) is 0 Å². The van der Waals surface area contributed by atoms with E-state index in [-0.39, 0.29) is 28.4 Å². The zero-order valence-corrected chi connectivity index (χ0v) is 15.4. The first-order valence-corrected chi connectivity index (χ1v) is 7.92. The molecule has 0 aliphatic rings. The number of carbonyl (C=O) groups is 2. The predicted octanol–water partition coefficient (Wildman–Crippen LogP) is 2.42. The van der Waals surface area contributed by atoms with Crippen molar-refractivity contribution in [1.82, 2.24) is 0 Å².